The van der Waals surface area contributed by atoms with Gasteiger partial charge in [-0.2, -0.15) is 0 Å². The number of ether oxygens (including phenoxy) is 2. The zero-order valence-electron chi connectivity index (χ0n) is 9.52. The van der Waals surface area contributed by atoms with Crippen molar-refractivity contribution in [2.75, 3.05) is 31.3 Å². The lowest BCUT2D eigenvalue weighted by molar-refractivity contribution is 0.105. The van der Waals surface area contributed by atoms with Gasteiger partial charge in [-0.05, 0) is 19.1 Å². The summed E-state index contributed by atoms with van der Waals surface area (Å²) in [6, 6.07) is -0.374. The standard InChI is InChI=1S/C9H16ClNO4S2/c1-2-14-3-4-15-9(16)11-8-6-17(12,13)5-7(8)10/h7-8H,2-6H2,1H3,(H,11,16)/t7-,8+/m0/s1. The van der Waals surface area contributed by atoms with Crippen LogP contribution >= 0.6 is 23.8 Å². The predicted octanol–water partition coefficient (Wildman–Crippen LogP) is 0.318. The summed E-state index contributed by atoms with van der Waals surface area (Å²) in [5.41, 5.74) is 0. The first kappa shape index (κ1) is 14.9. The van der Waals surface area contributed by atoms with Crippen LogP contribution in [0.25, 0.3) is 0 Å². The Bertz CT molecular complexity index is 360. The Kier molecular flexibility index (Phi) is 5.91. The van der Waals surface area contributed by atoms with Crippen molar-refractivity contribution in [2.24, 2.45) is 0 Å². The van der Waals surface area contributed by atoms with Crippen LogP contribution in [-0.2, 0) is 19.3 Å². The van der Waals surface area contributed by atoms with Crippen LogP contribution in [-0.4, -0.2) is 56.3 Å². The number of rotatable bonds is 5. The molecule has 0 bridgehead atoms. The number of thiocarbonyl (C=S) groups is 1. The molecule has 1 aliphatic heterocycles. The van der Waals surface area contributed by atoms with E-state index in [2.05, 4.69) is 5.32 Å². The zero-order valence-corrected chi connectivity index (χ0v) is 11.9. The number of alkyl halides is 1. The van der Waals surface area contributed by atoms with Gasteiger partial charge in [0.05, 0.1) is 29.5 Å². The Morgan fingerprint density at radius 3 is 2.71 bits per heavy atom. The highest BCUT2D eigenvalue weighted by molar-refractivity contribution is 7.91. The summed E-state index contributed by atoms with van der Waals surface area (Å²) < 4.78 is 32.8. The molecule has 100 valence electrons. The first-order valence-corrected chi connectivity index (χ1v) is 7.96. The van der Waals surface area contributed by atoms with E-state index in [1.165, 1.54) is 0 Å². The van der Waals surface area contributed by atoms with Gasteiger partial charge in [0, 0.05) is 6.61 Å². The van der Waals surface area contributed by atoms with E-state index < -0.39 is 15.2 Å². The molecule has 0 saturated carbocycles. The summed E-state index contributed by atoms with van der Waals surface area (Å²) >= 11 is 10.8. The Labute approximate surface area is 112 Å². The van der Waals surface area contributed by atoms with E-state index in [1.807, 2.05) is 6.92 Å². The number of halogens is 1. The Balaban J connectivity index is 2.27. The summed E-state index contributed by atoms with van der Waals surface area (Å²) in [4.78, 5) is 0. The van der Waals surface area contributed by atoms with Gasteiger partial charge in [-0.25, -0.2) is 8.42 Å². The van der Waals surface area contributed by atoms with Crippen molar-refractivity contribution in [3.63, 3.8) is 0 Å². The first-order chi connectivity index (χ1) is 7.94. The monoisotopic (exact) mass is 301 g/mol. The molecular formula is C9H16ClNO4S2. The third-order valence-electron chi connectivity index (χ3n) is 2.25. The van der Waals surface area contributed by atoms with Crippen molar-refractivity contribution in [1.82, 2.24) is 5.32 Å². The zero-order chi connectivity index (χ0) is 12.9. The van der Waals surface area contributed by atoms with Crippen molar-refractivity contribution >= 4 is 38.8 Å². The Hall–Kier alpha value is -0.110. The van der Waals surface area contributed by atoms with Gasteiger partial charge in [0.25, 0.3) is 5.17 Å². The van der Waals surface area contributed by atoms with Crippen LogP contribution in [0.15, 0.2) is 0 Å². The van der Waals surface area contributed by atoms with E-state index in [1.54, 1.807) is 0 Å². The molecule has 0 radical (unpaired) electrons. The lowest BCUT2D eigenvalue weighted by Gasteiger charge is -2.16. The molecular weight excluding hydrogens is 286 g/mol. The van der Waals surface area contributed by atoms with Gasteiger partial charge in [-0.3, -0.25) is 0 Å². The second kappa shape index (κ2) is 6.72. The topological polar surface area (TPSA) is 64.6 Å². The molecule has 17 heavy (non-hydrogen) atoms. The summed E-state index contributed by atoms with van der Waals surface area (Å²) in [5.74, 6) is -0.0239. The maximum Gasteiger partial charge on any atom is 0.257 e. The summed E-state index contributed by atoms with van der Waals surface area (Å²) in [7, 11) is -3.05. The Morgan fingerprint density at radius 1 is 1.47 bits per heavy atom. The largest absolute Gasteiger partial charge is 0.469 e. The maximum atomic E-state index is 11.3. The molecule has 2 atom stereocenters. The lowest BCUT2D eigenvalue weighted by Crippen LogP contribution is -2.41. The summed E-state index contributed by atoms with van der Waals surface area (Å²) in [5, 5.41) is 2.50. The van der Waals surface area contributed by atoms with E-state index >= 15 is 0 Å². The molecule has 1 saturated heterocycles. The molecule has 1 rings (SSSR count). The van der Waals surface area contributed by atoms with Gasteiger partial charge in [0.15, 0.2) is 9.84 Å². The molecule has 1 fully saturated rings. The molecule has 8 heteroatoms. The molecule has 0 spiro atoms. The normalized spacial score (nSPS) is 26.7. The summed E-state index contributed by atoms with van der Waals surface area (Å²) in [6.45, 7) is 3.30. The van der Waals surface area contributed by atoms with Gasteiger partial charge < -0.3 is 14.8 Å². The molecule has 0 unspecified atom stereocenters. The quantitative estimate of drug-likeness (QED) is 0.448. The number of hydrogen-bond acceptors (Lipinski definition) is 5. The van der Waals surface area contributed by atoms with Crippen LogP contribution in [0.1, 0.15) is 6.92 Å². The van der Waals surface area contributed by atoms with Crippen LogP contribution in [0.2, 0.25) is 0 Å². The van der Waals surface area contributed by atoms with Crippen LogP contribution in [0, 0.1) is 0 Å². The fourth-order valence-corrected chi connectivity index (χ4v) is 4.25. The van der Waals surface area contributed by atoms with Crippen molar-refractivity contribution in [1.29, 1.82) is 0 Å². The fourth-order valence-electron chi connectivity index (χ4n) is 1.47. The van der Waals surface area contributed by atoms with Gasteiger partial charge in [-0.15, -0.1) is 11.6 Å². The average molecular weight is 302 g/mol. The highest BCUT2D eigenvalue weighted by Gasteiger charge is 2.36. The van der Waals surface area contributed by atoms with Gasteiger partial charge in [0.1, 0.15) is 6.61 Å². The third kappa shape index (κ3) is 5.37. The van der Waals surface area contributed by atoms with E-state index in [4.69, 9.17) is 33.3 Å². The maximum absolute atomic E-state index is 11.3. The molecule has 0 aromatic carbocycles. The Morgan fingerprint density at radius 2 is 2.18 bits per heavy atom. The van der Waals surface area contributed by atoms with Crippen molar-refractivity contribution in [2.45, 2.75) is 18.3 Å². The number of hydrogen-bond donors (Lipinski definition) is 1. The van der Waals surface area contributed by atoms with Crippen LogP contribution < -0.4 is 5.32 Å². The van der Waals surface area contributed by atoms with E-state index in [0.717, 1.165) is 0 Å². The van der Waals surface area contributed by atoms with Crippen molar-refractivity contribution < 1.29 is 17.9 Å². The van der Waals surface area contributed by atoms with E-state index in [-0.39, 0.29) is 22.7 Å². The van der Waals surface area contributed by atoms with Crippen molar-refractivity contribution in [3.8, 4) is 0 Å². The third-order valence-corrected chi connectivity index (χ3v) is 4.86. The van der Waals surface area contributed by atoms with Crippen molar-refractivity contribution in [3.05, 3.63) is 0 Å². The van der Waals surface area contributed by atoms with Gasteiger partial charge in [0.2, 0.25) is 0 Å². The van der Waals surface area contributed by atoms with Gasteiger partial charge >= 0.3 is 0 Å². The minimum absolute atomic E-state index is 0.00384. The minimum atomic E-state index is -3.05. The molecule has 0 aromatic heterocycles. The second-order valence-corrected chi connectivity index (χ2v) is 6.76. The lowest BCUT2D eigenvalue weighted by atomic mass is 10.3. The molecule has 1 heterocycles. The average Bonchev–Trinajstić information content (AvgIpc) is 2.47. The smallest absolute Gasteiger partial charge is 0.257 e. The van der Waals surface area contributed by atoms with Crippen LogP contribution in [0.3, 0.4) is 0 Å². The number of sulfone groups is 1. The van der Waals surface area contributed by atoms with Gasteiger partial charge in [-0.1, -0.05) is 0 Å². The highest BCUT2D eigenvalue weighted by atomic mass is 35.5. The van der Waals surface area contributed by atoms with Crippen LogP contribution in [0.5, 0.6) is 0 Å². The van der Waals surface area contributed by atoms with E-state index in [9.17, 15) is 8.42 Å². The minimum Gasteiger partial charge on any atom is -0.469 e. The van der Waals surface area contributed by atoms with E-state index in [0.29, 0.717) is 19.8 Å². The molecule has 5 nitrogen and oxygen atoms in total. The SMILES string of the molecule is CCOCCOC(=S)N[C@@H]1CS(=O)(=O)C[C@@H]1Cl. The van der Waals surface area contributed by atoms with Crippen LogP contribution in [0.4, 0.5) is 0 Å². The number of nitrogens with one attached hydrogen (secondary N) is 1. The molecule has 1 aliphatic rings. The molecule has 1 N–H and O–H groups in total. The predicted molar refractivity (Wildman–Crippen MR) is 70.3 cm³/mol. The fraction of sp³-hybridized carbons (Fsp3) is 0.889. The second-order valence-electron chi connectivity index (χ2n) is 3.68. The molecule has 0 amide bonds. The summed E-state index contributed by atoms with van der Waals surface area (Å²) in [6.07, 6.45) is 0. The molecule has 0 aromatic rings. The first-order valence-electron chi connectivity index (χ1n) is 5.30. The molecule has 0 aliphatic carbocycles. The highest BCUT2D eigenvalue weighted by Crippen LogP contribution is 2.17.